The summed E-state index contributed by atoms with van der Waals surface area (Å²) in [7, 11) is 1.34. The number of methoxy groups -OCH3 is 1. The van der Waals surface area contributed by atoms with E-state index in [9.17, 15) is 13.6 Å². The average Bonchev–Trinajstić information content (AvgIpc) is 2.29. The highest BCUT2D eigenvalue weighted by molar-refractivity contribution is 6.32. The molecule has 3 nitrogen and oxygen atoms in total. The van der Waals surface area contributed by atoms with Gasteiger partial charge in [0.2, 0.25) is 0 Å². The summed E-state index contributed by atoms with van der Waals surface area (Å²) in [6.45, 7) is -1.39. The van der Waals surface area contributed by atoms with Gasteiger partial charge in [0, 0.05) is 12.5 Å². The van der Waals surface area contributed by atoms with Crippen LogP contribution in [0.5, 0.6) is 11.5 Å². The average molecular weight is 265 g/mol. The Morgan fingerprint density at radius 2 is 2.06 bits per heavy atom. The number of carbonyl (C=O) groups excluding carboxylic acids is 1. The van der Waals surface area contributed by atoms with Gasteiger partial charge in [-0.15, -0.1) is 0 Å². The van der Waals surface area contributed by atoms with Gasteiger partial charge in [-0.2, -0.15) is 8.78 Å². The number of halogens is 3. The lowest BCUT2D eigenvalue weighted by Gasteiger charge is -2.12. The monoisotopic (exact) mass is 264 g/mol. The zero-order chi connectivity index (χ0) is 13.0. The minimum Gasteiger partial charge on any atom is -0.495 e. The van der Waals surface area contributed by atoms with Crippen molar-refractivity contribution in [2.24, 2.45) is 0 Å². The number of rotatable bonds is 5. The molecule has 0 aromatic heterocycles. The van der Waals surface area contributed by atoms with Gasteiger partial charge < -0.3 is 9.47 Å². The molecule has 0 aliphatic heterocycles. The predicted octanol–water partition coefficient (Wildman–Crippen LogP) is 3.54. The van der Waals surface area contributed by atoms with E-state index >= 15 is 0 Å². The molecule has 0 N–H and O–H groups in total. The van der Waals surface area contributed by atoms with Crippen molar-refractivity contribution in [2.45, 2.75) is 20.0 Å². The van der Waals surface area contributed by atoms with Gasteiger partial charge in [0.05, 0.1) is 17.7 Å². The summed E-state index contributed by atoms with van der Waals surface area (Å²) >= 11 is 5.82. The van der Waals surface area contributed by atoms with Crippen LogP contribution in [-0.2, 0) is 0 Å². The van der Waals surface area contributed by atoms with Crippen molar-refractivity contribution in [1.82, 2.24) is 0 Å². The number of hydrogen-bond donors (Lipinski definition) is 0. The maximum atomic E-state index is 12.2. The largest absolute Gasteiger partial charge is 0.495 e. The number of carbonyl (C=O) groups is 1. The SMILES string of the molecule is CCC(=O)c1cc(Cl)c(OC)cc1OC(F)F. The fraction of sp³-hybridized carbons (Fsp3) is 0.364. The number of benzene rings is 1. The lowest BCUT2D eigenvalue weighted by Crippen LogP contribution is -2.08. The van der Waals surface area contributed by atoms with E-state index in [4.69, 9.17) is 16.3 Å². The number of ketones is 1. The number of alkyl halides is 2. The van der Waals surface area contributed by atoms with E-state index in [1.807, 2.05) is 0 Å². The molecule has 1 rings (SSSR count). The van der Waals surface area contributed by atoms with Crippen LogP contribution < -0.4 is 9.47 Å². The smallest absolute Gasteiger partial charge is 0.387 e. The highest BCUT2D eigenvalue weighted by Crippen LogP contribution is 2.34. The third-order valence-electron chi connectivity index (χ3n) is 2.09. The van der Waals surface area contributed by atoms with E-state index in [2.05, 4.69) is 4.74 Å². The van der Waals surface area contributed by atoms with E-state index in [1.165, 1.54) is 19.2 Å². The molecule has 0 atom stereocenters. The van der Waals surface area contributed by atoms with E-state index in [0.29, 0.717) is 0 Å². The van der Waals surface area contributed by atoms with Crippen molar-refractivity contribution in [1.29, 1.82) is 0 Å². The molecule has 0 aliphatic rings. The molecule has 0 bridgehead atoms. The highest BCUT2D eigenvalue weighted by atomic mass is 35.5. The highest BCUT2D eigenvalue weighted by Gasteiger charge is 2.18. The molecular weight excluding hydrogens is 254 g/mol. The summed E-state index contributed by atoms with van der Waals surface area (Å²) in [5.41, 5.74) is 0.0265. The Morgan fingerprint density at radius 3 is 2.53 bits per heavy atom. The third kappa shape index (κ3) is 3.30. The molecule has 0 saturated carbocycles. The van der Waals surface area contributed by atoms with Crippen LogP contribution in [0.2, 0.25) is 5.02 Å². The van der Waals surface area contributed by atoms with Gasteiger partial charge in [-0.3, -0.25) is 4.79 Å². The number of hydrogen-bond acceptors (Lipinski definition) is 3. The Hall–Kier alpha value is -1.36. The normalized spacial score (nSPS) is 10.5. The van der Waals surface area contributed by atoms with Crippen LogP contribution in [0.25, 0.3) is 0 Å². The molecule has 0 heterocycles. The van der Waals surface area contributed by atoms with Crippen LogP contribution in [0.4, 0.5) is 8.78 Å². The summed E-state index contributed by atoms with van der Waals surface area (Å²) < 4.78 is 33.5. The molecule has 0 saturated heterocycles. The van der Waals surface area contributed by atoms with Gasteiger partial charge in [0.25, 0.3) is 0 Å². The van der Waals surface area contributed by atoms with Crippen LogP contribution in [0.1, 0.15) is 23.7 Å². The fourth-order valence-corrected chi connectivity index (χ4v) is 1.53. The molecule has 94 valence electrons. The van der Waals surface area contributed by atoms with Crippen molar-refractivity contribution >= 4 is 17.4 Å². The second kappa shape index (κ2) is 5.82. The van der Waals surface area contributed by atoms with E-state index < -0.39 is 6.61 Å². The summed E-state index contributed by atoms with van der Waals surface area (Å²) in [6, 6.07) is 2.45. The summed E-state index contributed by atoms with van der Waals surface area (Å²) in [6.07, 6.45) is 0.169. The standard InChI is InChI=1S/C11H11ClF2O3/c1-3-8(15)6-4-7(12)10(16-2)5-9(6)17-11(13)14/h4-5,11H,3H2,1-2H3. The number of ether oxygens (including phenoxy) is 2. The van der Waals surface area contributed by atoms with E-state index in [1.54, 1.807) is 6.92 Å². The molecular formula is C11H11ClF2O3. The first kappa shape index (κ1) is 13.7. The lowest BCUT2D eigenvalue weighted by atomic mass is 10.1. The Morgan fingerprint density at radius 1 is 1.41 bits per heavy atom. The topological polar surface area (TPSA) is 35.5 Å². The van der Waals surface area contributed by atoms with Crippen molar-refractivity contribution < 1.29 is 23.0 Å². The first-order valence-electron chi connectivity index (χ1n) is 4.85. The minimum atomic E-state index is -3.01. The molecule has 6 heteroatoms. The molecule has 1 aromatic carbocycles. The van der Waals surface area contributed by atoms with Crippen molar-refractivity contribution in [3.8, 4) is 11.5 Å². The fourth-order valence-electron chi connectivity index (χ4n) is 1.29. The summed E-state index contributed by atoms with van der Waals surface area (Å²) in [5.74, 6) is -0.381. The Balaban J connectivity index is 3.25. The molecule has 0 aliphatic carbocycles. The maximum Gasteiger partial charge on any atom is 0.387 e. The minimum absolute atomic E-state index is 0.0265. The molecule has 17 heavy (non-hydrogen) atoms. The molecule has 0 fully saturated rings. The summed E-state index contributed by atoms with van der Waals surface area (Å²) in [4.78, 5) is 11.5. The van der Waals surface area contributed by atoms with Gasteiger partial charge in [-0.25, -0.2) is 0 Å². The van der Waals surface area contributed by atoms with Crippen LogP contribution in [-0.4, -0.2) is 19.5 Å². The van der Waals surface area contributed by atoms with Gasteiger partial charge in [0.15, 0.2) is 5.78 Å². The second-order valence-electron chi connectivity index (χ2n) is 3.14. The first-order chi connectivity index (χ1) is 7.99. The van der Waals surface area contributed by atoms with Crippen molar-refractivity contribution in [3.05, 3.63) is 22.7 Å². The maximum absolute atomic E-state index is 12.2. The van der Waals surface area contributed by atoms with Crippen molar-refractivity contribution in [2.75, 3.05) is 7.11 Å². The summed E-state index contributed by atoms with van der Waals surface area (Å²) in [5, 5.41) is 0.172. The molecule has 0 spiro atoms. The molecule has 0 amide bonds. The molecule has 0 radical (unpaired) electrons. The Bertz CT molecular complexity index is 421. The third-order valence-corrected chi connectivity index (χ3v) is 2.39. The Kier molecular flexibility index (Phi) is 4.69. The Labute approximate surface area is 102 Å². The van der Waals surface area contributed by atoms with Gasteiger partial charge in [-0.05, 0) is 6.07 Å². The first-order valence-corrected chi connectivity index (χ1v) is 5.23. The zero-order valence-electron chi connectivity index (χ0n) is 9.30. The molecule has 0 unspecified atom stereocenters. The van der Waals surface area contributed by atoms with Crippen LogP contribution in [0.3, 0.4) is 0 Å². The van der Waals surface area contributed by atoms with Gasteiger partial charge in [0.1, 0.15) is 11.5 Å². The van der Waals surface area contributed by atoms with E-state index in [0.717, 1.165) is 0 Å². The quantitative estimate of drug-likeness (QED) is 0.763. The molecule has 1 aromatic rings. The second-order valence-corrected chi connectivity index (χ2v) is 3.55. The lowest BCUT2D eigenvalue weighted by molar-refractivity contribution is -0.0502. The van der Waals surface area contributed by atoms with E-state index in [-0.39, 0.29) is 34.3 Å². The van der Waals surface area contributed by atoms with Crippen LogP contribution in [0.15, 0.2) is 12.1 Å². The van der Waals surface area contributed by atoms with Crippen LogP contribution in [0, 0.1) is 0 Å². The van der Waals surface area contributed by atoms with Crippen molar-refractivity contribution in [3.63, 3.8) is 0 Å². The van der Waals surface area contributed by atoms with Gasteiger partial charge in [-0.1, -0.05) is 18.5 Å². The van der Waals surface area contributed by atoms with Gasteiger partial charge >= 0.3 is 6.61 Å². The number of Topliss-reactive ketones (excluding diaryl/α,β-unsaturated/α-hetero) is 1. The predicted molar refractivity (Wildman–Crippen MR) is 59.3 cm³/mol. The van der Waals surface area contributed by atoms with Crippen LogP contribution >= 0.6 is 11.6 Å². The zero-order valence-corrected chi connectivity index (χ0v) is 10.1.